The van der Waals surface area contributed by atoms with Gasteiger partial charge in [-0.15, -0.1) is 0 Å². The van der Waals surface area contributed by atoms with E-state index in [0.29, 0.717) is 34.3 Å². The van der Waals surface area contributed by atoms with Gasteiger partial charge < -0.3 is 9.30 Å². The molecule has 0 saturated carbocycles. The van der Waals surface area contributed by atoms with Crippen LogP contribution in [0, 0.1) is 0 Å². The second-order valence-corrected chi connectivity index (χ2v) is 13.5. The summed E-state index contributed by atoms with van der Waals surface area (Å²) in [4.78, 5) is 14.5. The van der Waals surface area contributed by atoms with Crippen LogP contribution in [0.15, 0.2) is 158 Å². The largest absolute Gasteiger partial charge is 0.456 e. The van der Waals surface area contributed by atoms with Crippen LogP contribution in [0.3, 0.4) is 0 Å². The van der Waals surface area contributed by atoms with Gasteiger partial charge in [0, 0.05) is 22.0 Å². The minimum atomic E-state index is -3.17. The zero-order chi connectivity index (χ0) is 30.2. The number of benzene rings is 6. The first kappa shape index (κ1) is 26.9. The van der Waals surface area contributed by atoms with E-state index in [2.05, 4.69) is 12.1 Å². The third-order valence-corrected chi connectivity index (χ3v) is 11.1. The highest BCUT2D eigenvalue weighted by Crippen LogP contribution is 2.52. The molecule has 0 spiro atoms. The van der Waals surface area contributed by atoms with Crippen molar-refractivity contribution in [3.8, 4) is 56.8 Å². The summed E-state index contributed by atoms with van der Waals surface area (Å²) in [6.45, 7) is 0. The van der Waals surface area contributed by atoms with E-state index in [9.17, 15) is 0 Å². The quantitative estimate of drug-likeness (QED) is 0.186. The lowest BCUT2D eigenvalue weighted by Crippen LogP contribution is -2.30. The molecule has 0 radical (unpaired) electrons. The number of nitrogens with zero attached hydrogens (tertiary/aromatic N) is 3. The summed E-state index contributed by atoms with van der Waals surface area (Å²) in [5.41, 5.74) is 4.66. The molecular formula is C39H26N3O2P. The molecule has 0 aliphatic carbocycles. The number of fused-ring (bicyclic) bond motifs is 2. The maximum atomic E-state index is 15.1. The summed E-state index contributed by atoms with van der Waals surface area (Å²) in [5, 5.41) is 2.20. The monoisotopic (exact) mass is 599 g/mol. The summed E-state index contributed by atoms with van der Waals surface area (Å²) in [6, 6.07) is 51.3. The van der Waals surface area contributed by atoms with E-state index in [1.807, 2.05) is 146 Å². The molecule has 0 fully saturated rings. The van der Waals surface area contributed by atoms with Crippen LogP contribution in [-0.4, -0.2) is 15.0 Å². The van der Waals surface area contributed by atoms with Crippen molar-refractivity contribution < 1.29 is 9.30 Å². The Morgan fingerprint density at radius 1 is 0.400 bits per heavy atom. The highest BCUT2D eigenvalue weighted by molar-refractivity contribution is 7.85. The molecule has 7 aromatic rings. The molecule has 0 bridgehead atoms. The van der Waals surface area contributed by atoms with Crippen molar-refractivity contribution in [2.75, 3.05) is 0 Å². The van der Waals surface area contributed by atoms with Gasteiger partial charge in [-0.3, -0.25) is 0 Å². The van der Waals surface area contributed by atoms with Crippen molar-refractivity contribution in [1.29, 1.82) is 0 Å². The van der Waals surface area contributed by atoms with Crippen molar-refractivity contribution >= 4 is 23.1 Å². The summed E-state index contributed by atoms with van der Waals surface area (Å²) in [6.07, 6.45) is 0. The van der Waals surface area contributed by atoms with Crippen LogP contribution in [0.5, 0.6) is 11.5 Å². The Morgan fingerprint density at radius 3 is 1.44 bits per heavy atom. The van der Waals surface area contributed by atoms with Crippen LogP contribution in [0.2, 0.25) is 0 Å². The van der Waals surface area contributed by atoms with Gasteiger partial charge in [0.05, 0.1) is 10.6 Å². The second-order valence-electron chi connectivity index (χ2n) is 10.8. The molecule has 6 aromatic carbocycles. The average Bonchev–Trinajstić information content (AvgIpc) is 3.12. The molecule has 1 unspecified atom stereocenters. The lowest BCUT2D eigenvalue weighted by atomic mass is 10.0. The van der Waals surface area contributed by atoms with Crippen LogP contribution in [0.25, 0.3) is 45.3 Å². The molecule has 0 saturated heterocycles. The Balaban J connectivity index is 1.20. The minimum absolute atomic E-state index is 0.596. The van der Waals surface area contributed by atoms with Gasteiger partial charge in [-0.25, -0.2) is 15.0 Å². The van der Waals surface area contributed by atoms with E-state index in [4.69, 9.17) is 19.7 Å². The van der Waals surface area contributed by atoms with E-state index < -0.39 is 7.14 Å². The van der Waals surface area contributed by atoms with Crippen LogP contribution < -0.4 is 20.7 Å². The Labute approximate surface area is 261 Å². The van der Waals surface area contributed by atoms with Crippen LogP contribution >= 0.6 is 7.14 Å². The molecule has 1 aliphatic rings. The Bertz CT molecular complexity index is 2150. The first-order chi connectivity index (χ1) is 22.2. The van der Waals surface area contributed by atoms with Gasteiger partial charge in [0.15, 0.2) is 24.6 Å². The third kappa shape index (κ3) is 4.84. The number of para-hydroxylation sites is 1. The Kier molecular flexibility index (Phi) is 6.66. The molecule has 5 nitrogen and oxygen atoms in total. The maximum Gasteiger partial charge on any atom is 0.178 e. The molecule has 1 aromatic heterocycles. The van der Waals surface area contributed by atoms with Gasteiger partial charge in [-0.2, -0.15) is 0 Å². The molecule has 0 N–H and O–H groups in total. The lowest BCUT2D eigenvalue weighted by Gasteiger charge is -2.29. The predicted molar refractivity (Wildman–Crippen MR) is 181 cm³/mol. The molecule has 0 amide bonds. The molecule has 6 heteroatoms. The normalized spacial score (nSPS) is 15.0. The number of hydrogen-bond acceptors (Lipinski definition) is 5. The van der Waals surface area contributed by atoms with Crippen LogP contribution in [0.1, 0.15) is 0 Å². The number of aromatic nitrogens is 3. The van der Waals surface area contributed by atoms with Gasteiger partial charge in [-0.1, -0.05) is 133 Å². The van der Waals surface area contributed by atoms with Crippen molar-refractivity contribution in [3.05, 3.63) is 158 Å². The Hall–Kier alpha value is -5.64. The highest BCUT2D eigenvalue weighted by Gasteiger charge is 2.39. The van der Waals surface area contributed by atoms with Gasteiger partial charge >= 0.3 is 0 Å². The molecule has 1 atom stereocenters. The molecule has 45 heavy (non-hydrogen) atoms. The molecule has 1 aliphatic heterocycles. The van der Waals surface area contributed by atoms with Gasteiger partial charge in [0.25, 0.3) is 0 Å². The van der Waals surface area contributed by atoms with Crippen molar-refractivity contribution in [2.24, 2.45) is 0 Å². The van der Waals surface area contributed by atoms with Crippen molar-refractivity contribution in [1.82, 2.24) is 15.0 Å². The fourth-order valence-electron chi connectivity index (χ4n) is 5.75. The summed E-state index contributed by atoms with van der Waals surface area (Å²) >= 11 is 0. The molecule has 2 heterocycles. The van der Waals surface area contributed by atoms with Crippen LogP contribution in [0.4, 0.5) is 0 Å². The lowest BCUT2D eigenvalue weighted by molar-refractivity contribution is 0.485. The fraction of sp³-hybridized carbons (Fsp3) is 0. The predicted octanol–water partition coefficient (Wildman–Crippen LogP) is 8.28. The summed E-state index contributed by atoms with van der Waals surface area (Å²) in [5.74, 6) is 3.09. The zero-order valence-electron chi connectivity index (χ0n) is 24.1. The standard InChI is InChI=1S/C39H26N3O2P/c43-45(32-16-8-3-9-17-32)35-19-11-10-18-33(35)44-34-25-24-31(26-36(34)45)27-20-22-30(23-21-27)39-41-37(28-12-4-1-5-13-28)40-38(42-39)29-14-6-2-7-15-29/h1-26H. The number of rotatable bonds is 5. The third-order valence-electron chi connectivity index (χ3n) is 8.02. The van der Waals surface area contributed by atoms with E-state index in [1.165, 1.54) is 0 Å². The summed E-state index contributed by atoms with van der Waals surface area (Å²) in [7, 11) is -3.17. The van der Waals surface area contributed by atoms with Gasteiger partial charge in [0.2, 0.25) is 0 Å². The second kappa shape index (κ2) is 11.1. The van der Waals surface area contributed by atoms with E-state index in [1.54, 1.807) is 0 Å². The topological polar surface area (TPSA) is 65.0 Å². The van der Waals surface area contributed by atoms with Crippen molar-refractivity contribution in [2.45, 2.75) is 0 Å². The molecular weight excluding hydrogens is 573 g/mol. The number of ether oxygens (including phenoxy) is 1. The van der Waals surface area contributed by atoms with Crippen molar-refractivity contribution in [3.63, 3.8) is 0 Å². The van der Waals surface area contributed by atoms with Gasteiger partial charge in [0.1, 0.15) is 11.5 Å². The first-order valence-electron chi connectivity index (χ1n) is 14.7. The fourth-order valence-corrected chi connectivity index (χ4v) is 8.63. The first-order valence-corrected chi connectivity index (χ1v) is 16.4. The molecule has 214 valence electrons. The SMILES string of the molecule is O=P1(c2ccccc2)c2ccccc2Oc2ccc(-c3ccc(-c4nc(-c5ccccc5)nc(-c5ccccc5)n4)cc3)cc21. The van der Waals surface area contributed by atoms with Gasteiger partial charge in [-0.05, 0) is 35.4 Å². The Morgan fingerprint density at radius 2 is 0.844 bits per heavy atom. The van der Waals surface area contributed by atoms with Crippen LogP contribution in [-0.2, 0) is 4.57 Å². The minimum Gasteiger partial charge on any atom is -0.456 e. The van der Waals surface area contributed by atoms with E-state index in [-0.39, 0.29) is 0 Å². The summed E-state index contributed by atoms with van der Waals surface area (Å²) < 4.78 is 21.4. The smallest absolute Gasteiger partial charge is 0.178 e. The molecule has 8 rings (SSSR count). The zero-order valence-corrected chi connectivity index (χ0v) is 25.0. The van der Waals surface area contributed by atoms with E-state index in [0.717, 1.165) is 38.4 Å². The van der Waals surface area contributed by atoms with E-state index >= 15 is 4.57 Å². The maximum absolute atomic E-state index is 15.1. The number of hydrogen-bond donors (Lipinski definition) is 0. The highest BCUT2D eigenvalue weighted by atomic mass is 31.2. The average molecular weight is 600 g/mol.